The van der Waals surface area contributed by atoms with Crippen molar-refractivity contribution in [1.29, 1.82) is 0 Å². The largest absolute Gasteiger partial charge is 0.468 e. The number of nitrogens with one attached hydrogen (secondary N) is 1. The summed E-state index contributed by atoms with van der Waals surface area (Å²) in [5.41, 5.74) is 0. The molecule has 0 fully saturated rings. The van der Waals surface area contributed by atoms with Gasteiger partial charge in [0.25, 0.3) is 0 Å². The Kier molecular flexibility index (Phi) is 7.88. The molecule has 1 atom stereocenters. The van der Waals surface area contributed by atoms with E-state index in [2.05, 4.69) is 19.2 Å². The van der Waals surface area contributed by atoms with Crippen LogP contribution in [0.25, 0.3) is 0 Å². The number of hydrogen-bond donors (Lipinski definition) is 1. The predicted octanol–water partition coefficient (Wildman–Crippen LogP) is 1.92. The standard InChI is InChI=1S/C11H23NO2S/c1-8(2)6-15-7-10(11(13)14-5)12-9(3)4/h8-10,12H,6-7H2,1-5H3. The molecule has 1 unspecified atom stereocenters. The van der Waals surface area contributed by atoms with Gasteiger partial charge in [-0.15, -0.1) is 0 Å². The molecule has 0 bridgehead atoms. The highest BCUT2D eigenvalue weighted by atomic mass is 32.2. The first-order valence-corrected chi connectivity index (χ1v) is 6.54. The molecule has 0 amide bonds. The van der Waals surface area contributed by atoms with Gasteiger partial charge in [0.05, 0.1) is 7.11 Å². The van der Waals surface area contributed by atoms with Gasteiger partial charge in [-0.3, -0.25) is 4.79 Å². The first kappa shape index (κ1) is 14.8. The Labute approximate surface area is 97.3 Å². The minimum Gasteiger partial charge on any atom is -0.468 e. The van der Waals surface area contributed by atoms with E-state index < -0.39 is 0 Å². The van der Waals surface area contributed by atoms with E-state index in [4.69, 9.17) is 4.74 Å². The number of carbonyl (C=O) groups is 1. The molecule has 0 heterocycles. The molecule has 0 aliphatic heterocycles. The molecule has 0 radical (unpaired) electrons. The normalized spacial score (nSPS) is 13.3. The minimum atomic E-state index is -0.182. The zero-order chi connectivity index (χ0) is 11.8. The zero-order valence-electron chi connectivity index (χ0n) is 10.4. The van der Waals surface area contributed by atoms with Crippen molar-refractivity contribution < 1.29 is 9.53 Å². The number of carbonyl (C=O) groups excluding carboxylic acids is 1. The van der Waals surface area contributed by atoms with Crippen molar-refractivity contribution in [1.82, 2.24) is 5.32 Å². The third kappa shape index (κ3) is 7.68. The van der Waals surface area contributed by atoms with Crippen LogP contribution in [-0.4, -0.2) is 36.7 Å². The van der Waals surface area contributed by atoms with E-state index in [1.54, 1.807) is 11.8 Å². The van der Waals surface area contributed by atoms with E-state index in [0.717, 1.165) is 11.5 Å². The lowest BCUT2D eigenvalue weighted by Crippen LogP contribution is -2.43. The summed E-state index contributed by atoms with van der Waals surface area (Å²) < 4.78 is 4.76. The second kappa shape index (κ2) is 7.99. The molecule has 1 N–H and O–H groups in total. The highest BCUT2D eigenvalue weighted by Crippen LogP contribution is 2.10. The number of ether oxygens (including phenoxy) is 1. The second-order valence-electron chi connectivity index (χ2n) is 4.33. The summed E-state index contributed by atoms with van der Waals surface area (Å²) >= 11 is 1.79. The van der Waals surface area contributed by atoms with Crippen molar-refractivity contribution in [2.45, 2.75) is 39.8 Å². The Morgan fingerprint density at radius 3 is 2.27 bits per heavy atom. The number of thioether (sulfide) groups is 1. The number of rotatable bonds is 7. The average Bonchev–Trinajstić information content (AvgIpc) is 2.14. The summed E-state index contributed by atoms with van der Waals surface area (Å²) in [5, 5.41) is 3.21. The van der Waals surface area contributed by atoms with Gasteiger partial charge in [0.1, 0.15) is 6.04 Å². The molecule has 15 heavy (non-hydrogen) atoms. The van der Waals surface area contributed by atoms with Gasteiger partial charge < -0.3 is 10.1 Å². The molecule has 0 rings (SSSR count). The van der Waals surface area contributed by atoms with E-state index in [1.807, 2.05) is 13.8 Å². The van der Waals surface area contributed by atoms with Gasteiger partial charge in [-0.25, -0.2) is 0 Å². The maximum Gasteiger partial charge on any atom is 0.323 e. The molecule has 0 spiro atoms. The molecular weight excluding hydrogens is 210 g/mol. The maximum atomic E-state index is 11.4. The van der Waals surface area contributed by atoms with Crippen molar-refractivity contribution in [2.24, 2.45) is 5.92 Å². The third-order valence-corrected chi connectivity index (χ3v) is 3.23. The van der Waals surface area contributed by atoms with Crippen LogP contribution in [0.5, 0.6) is 0 Å². The Hall–Kier alpha value is -0.220. The summed E-state index contributed by atoms with van der Waals surface area (Å²) in [6, 6.07) is 0.118. The first-order chi connectivity index (χ1) is 6.97. The van der Waals surface area contributed by atoms with Crippen LogP contribution in [0.1, 0.15) is 27.7 Å². The number of esters is 1. The van der Waals surface area contributed by atoms with Crippen LogP contribution < -0.4 is 5.32 Å². The van der Waals surface area contributed by atoms with Crippen molar-refractivity contribution in [2.75, 3.05) is 18.6 Å². The molecule has 0 saturated heterocycles. The third-order valence-electron chi connectivity index (χ3n) is 1.76. The lowest BCUT2D eigenvalue weighted by molar-refractivity contribution is -0.142. The van der Waals surface area contributed by atoms with Gasteiger partial charge in [-0.2, -0.15) is 11.8 Å². The first-order valence-electron chi connectivity index (χ1n) is 5.39. The molecule has 0 aromatic heterocycles. The minimum absolute atomic E-state index is 0.167. The SMILES string of the molecule is COC(=O)C(CSCC(C)C)NC(C)C. The van der Waals surface area contributed by atoms with Crippen LogP contribution in [0.3, 0.4) is 0 Å². The fourth-order valence-electron chi connectivity index (χ4n) is 1.15. The topological polar surface area (TPSA) is 38.3 Å². The summed E-state index contributed by atoms with van der Waals surface area (Å²) in [6.45, 7) is 8.41. The molecule has 4 heteroatoms. The zero-order valence-corrected chi connectivity index (χ0v) is 11.2. The smallest absolute Gasteiger partial charge is 0.323 e. The van der Waals surface area contributed by atoms with Crippen molar-refractivity contribution in [3.05, 3.63) is 0 Å². The molecule has 0 aromatic carbocycles. The van der Waals surface area contributed by atoms with Crippen LogP contribution in [0.4, 0.5) is 0 Å². The molecule has 0 saturated carbocycles. The van der Waals surface area contributed by atoms with Gasteiger partial charge >= 0.3 is 5.97 Å². The Morgan fingerprint density at radius 2 is 1.87 bits per heavy atom. The maximum absolute atomic E-state index is 11.4. The molecule has 0 aliphatic rings. The molecule has 3 nitrogen and oxygen atoms in total. The lowest BCUT2D eigenvalue weighted by Gasteiger charge is -2.19. The summed E-state index contributed by atoms with van der Waals surface area (Å²) in [7, 11) is 1.43. The van der Waals surface area contributed by atoms with Gasteiger partial charge in [-0.1, -0.05) is 27.7 Å². The molecule has 0 aliphatic carbocycles. The van der Waals surface area contributed by atoms with E-state index in [1.165, 1.54) is 7.11 Å². The van der Waals surface area contributed by atoms with Crippen molar-refractivity contribution in [3.63, 3.8) is 0 Å². The van der Waals surface area contributed by atoms with Gasteiger partial charge in [0, 0.05) is 11.8 Å². The van der Waals surface area contributed by atoms with E-state index >= 15 is 0 Å². The van der Waals surface area contributed by atoms with Gasteiger partial charge in [-0.05, 0) is 11.7 Å². The number of methoxy groups -OCH3 is 1. The summed E-state index contributed by atoms with van der Waals surface area (Å²) in [6.07, 6.45) is 0. The van der Waals surface area contributed by atoms with Crippen molar-refractivity contribution in [3.8, 4) is 0 Å². The average molecular weight is 233 g/mol. The molecule has 90 valence electrons. The lowest BCUT2D eigenvalue weighted by atomic mass is 10.3. The predicted molar refractivity (Wildman–Crippen MR) is 66.2 cm³/mol. The summed E-state index contributed by atoms with van der Waals surface area (Å²) in [4.78, 5) is 11.4. The Bertz CT molecular complexity index is 183. The molecule has 0 aromatic rings. The Balaban J connectivity index is 3.96. The highest BCUT2D eigenvalue weighted by Gasteiger charge is 2.19. The summed E-state index contributed by atoms with van der Waals surface area (Å²) in [5.74, 6) is 2.35. The highest BCUT2D eigenvalue weighted by molar-refractivity contribution is 7.99. The quantitative estimate of drug-likeness (QED) is 0.682. The number of hydrogen-bond acceptors (Lipinski definition) is 4. The molecular formula is C11H23NO2S. The van der Waals surface area contributed by atoms with Crippen LogP contribution in [0.2, 0.25) is 0 Å². The Morgan fingerprint density at radius 1 is 1.27 bits per heavy atom. The van der Waals surface area contributed by atoms with Gasteiger partial charge in [0.2, 0.25) is 0 Å². The van der Waals surface area contributed by atoms with Crippen LogP contribution in [0.15, 0.2) is 0 Å². The van der Waals surface area contributed by atoms with E-state index in [0.29, 0.717) is 12.0 Å². The second-order valence-corrected chi connectivity index (χ2v) is 5.40. The van der Waals surface area contributed by atoms with Gasteiger partial charge in [0.15, 0.2) is 0 Å². The van der Waals surface area contributed by atoms with Crippen molar-refractivity contribution >= 4 is 17.7 Å². The monoisotopic (exact) mass is 233 g/mol. The fraction of sp³-hybridized carbons (Fsp3) is 0.909. The van der Waals surface area contributed by atoms with Crippen LogP contribution in [-0.2, 0) is 9.53 Å². The van der Waals surface area contributed by atoms with Crippen LogP contribution in [0, 0.1) is 5.92 Å². The fourth-order valence-corrected chi connectivity index (χ4v) is 2.23. The van der Waals surface area contributed by atoms with E-state index in [-0.39, 0.29) is 12.0 Å². The van der Waals surface area contributed by atoms with Crippen LogP contribution >= 0.6 is 11.8 Å². The van der Waals surface area contributed by atoms with E-state index in [9.17, 15) is 4.79 Å².